The molecule has 1 saturated heterocycles. The summed E-state index contributed by atoms with van der Waals surface area (Å²) in [5.41, 5.74) is 0.853. The van der Waals surface area contributed by atoms with E-state index in [0.29, 0.717) is 34.5 Å². The van der Waals surface area contributed by atoms with Crippen LogP contribution in [0.1, 0.15) is 11.3 Å². The Morgan fingerprint density at radius 3 is 2.46 bits per heavy atom. The molecule has 0 radical (unpaired) electrons. The quantitative estimate of drug-likeness (QED) is 0.597. The monoisotopic (exact) mass is 393 g/mol. The average molecular weight is 393 g/mol. The minimum Gasteiger partial charge on any atom is -0.493 e. The van der Waals surface area contributed by atoms with Crippen LogP contribution in [0.25, 0.3) is 6.08 Å². The largest absolute Gasteiger partial charge is 0.493 e. The number of hydrogen-bond acceptors (Lipinski definition) is 7. The summed E-state index contributed by atoms with van der Waals surface area (Å²) in [5, 5.41) is 0. The Hall–Kier alpha value is -2.19. The van der Waals surface area contributed by atoms with E-state index in [1.807, 2.05) is 12.1 Å². The molecule has 1 atom stereocenters. The summed E-state index contributed by atoms with van der Waals surface area (Å²) < 4.78 is 21.1. The maximum absolute atomic E-state index is 12.7. The minimum absolute atomic E-state index is 0.0971. The summed E-state index contributed by atoms with van der Waals surface area (Å²) >= 11 is 5.91. The maximum atomic E-state index is 12.7. The van der Waals surface area contributed by atoms with Crippen molar-refractivity contribution in [3.63, 3.8) is 0 Å². The second-order valence-electron chi connectivity index (χ2n) is 5.43. The van der Waals surface area contributed by atoms with Crippen molar-refractivity contribution < 1.29 is 23.4 Å². The fourth-order valence-electron chi connectivity index (χ4n) is 2.64. The van der Waals surface area contributed by atoms with Gasteiger partial charge in [0.25, 0.3) is 5.91 Å². The number of amides is 1. The van der Waals surface area contributed by atoms with Gasteiger partial charge in [-0.25, -0.2) is 0 Å². The Morgan fingerprint density at radius 2 is 1.92 bits per heavy atom. The predicted octanol–water partition coefficient (Wildman–Crippen LogP) is 3.64. The molecule has 1 aliphatic rings. The van der Waals surface area contributed by atoms with Crippen LogP contribution in [0.15, 0.2) is 39.9 Å². The van der Waals surface area contributed by atoms with E-state index in [1.54, 1.807) is 50.7 Å². The molecule has 0 N–H and O–H groups in total. The van der Waals surface area contributed by atoms with Gasteiger partial charge < -0.3 is 23.5 Å². The lowest BCUT2D eigenvalue weighted by Gasteiger charge is -2.21. The Morgan fingerprint density at radius 1 is 1.23 bits per heavy atom. The van der Waals surface area contributed by atoms with E-state index in [0.717, 1.165) is 5.56 Å². The molecule has 1 unspecified atom stereocenters. The third-order valence-electron chi connectivity index (χ3n) is 3.86. The number of hydrogen-bond donors (Lipinski definition) is 1. The van der Waals surface area contributed by atoms with Crippen LogP contribution in [0.2, 0.25) is 0 Å². The highest BCUT2D eigenvalue weighted by atomic mass is 32.2. The van der Waals surface area contributed by atoms with Crippen LogP contribution in [-0.2, 0) is 11.3 Å². The van der Waals surface area contributed by atoms with E-state index < -0.39 is 0 Å². The fourth-order valence-corrected chi connectivity index (χ4v) is 4.10. The molecule has 8 heteroatoms. The SMILES string of the molecule is COc1cc(CN2C(=O)/C(=C/c3ccco3)SC2S)cc(OC)c1OC. The average Bonchev–Trinajstić information content (AvgIpc) is 3.25. The van der Waals surface area contributed by atoms with E-state index in [1.165, 1.54) is 11.8 Å². The highest BCUT2D eigenvalue weighted by Crippen LogP contribution is 2.42. The molecule has 0 aliphatic carbocycles. The first-order valence-electron chi connectivity index (χ1n) is 7.77. The minimum atomic E-state index is -0.289. The molecule has 0 spiro atoms. The lowest BCUT2D eigenvalue weighted by molar-refractivity contribution is -0.125. The zero-order valence-corrected chi connectivity index (χ0v) is 16.3. The molecule has 3 rings (SSSR count). The molecule has 2 heterocycles. The standard InChI is InChI=1S/C18H19NO5S2/c1-21-13-7-11(8-14(22-2)16(13)23-3)10-19-17(20)15(26-18(19)25)9-12-5-4-6-24-12/h4-9,18,25H,10H2,1-3H3/b15-9-. The van der Waals surface area contributed by atoms with E-state index >= 15 is 0 Å². The van der Waals surface area contributed by atoms with Crippen molar-refractivity contribution in [2.45, 2.75) is 11.3 Å². The zero-order chi connectivity index (χ0) is 18.7. The van der Waals surface area contributed by atoms with E-state index in [9.17, 15) is 4.79 Å². The zero-order valence-electron chi connectivity index (χ0n) is 14.6. The topological polar surface area (TPSA) is 61.1 Å². The number of benzene rings is 1. The van der Waals surface area contributed by atoms with Crippen molar-refractivity contribution >= 4 is 36.4 Å². The van der Waals surface area contributed by atoms with Gasteiger partial charge >= 0.3 is 0 Å². The normalized spacial score (nSPS) is 18.5. The second-order valence-corrected chi connectivity index (χ2v) is 7.40. The summed E-state index contributed by atoms with van der Waals surface area (Å²) in [7, 11) is 4.67. The van der Waals surface area contributed by atoms with Gasteiger partial charge in [-0.15, -0.1) is 12.6 Å². The molecule has 2 aromatic rings. The van der Waals surface area contributed by atoms with Gasteiger partial charge in [0.05, 0.1) is 32.5 Å². The summed E-state index contributed by atoms with van der Waals surface area (Å²) in [4.78, 5) is 15.0. The fraction of sp³-hybridized carbons (Fsp3) is 0.278. The number of ether oxygens (including phenoxy) is 3. The smallest absolute Gasteiger partial charge is 0.262 e. The molecule has 26 heavy (non-hydrogen) atoms. The first kappa shape index (κ1) is 18.6. The summed E-state index contributed by atoms with van der Waals surface area (Å²) in [6.45, 7) is 0.367. The molecular formula is C18H19NO5S2. The number of carbonyl (C=O) groups excluding carboxylic acids is 1. The van der Waals surface area contributed by atoms with E-state index in [2.05, 4.69) is 12.6 Å². The van der Waals surface area contributed by atoms with Crippen LogP contribution in [0.4, 0.5) is 0 Å². The lowest BCUT2D eigenvalue weighted by atomic mass is 10.1. The van der Waals surface area contributed by atoms with Crippen LogP contribution in [0.3, 0.4) is 0 Å². The summed E-state index contributed by atoms with van der Waals surface area (Å²) in [6, 6.07) is 7.24. The Kier molecular flexibility index (Phi) is 5.73. The molecular weight excluding hydrogens is 374 g/mol. The Bertz CT molecular complexity index is 794. The highest BCUT2D eigenvalue weighted by Gasteiger charge is 2.34. The molecule has 138 valence electrons. The van der Waals surface area contributed by atoms with Crippen molar-refractivity contribution in [3.05, 3.63) is 46.8 Å². The summed E-state index contributed by atoms with van der Waals surface area (Å²) in [5.74, 6) is 2.14. The lowest BCUT2D eigenvalue weighted by Crippen LogP contribution is -2.28. The first-order chi connectivity index (χ1) is 12.6. The predicted molar refractivity (Wildman–Crippen MR) is 104 cm³/mol. The molecule has 0 bridgehead atoms. The van der Waals surface area contributed by atoms with Gasteiger partial charge in [0.15, 0.2) is 11.5 Å². The van der Waals surface area contributed by atoms with E-state index in [4.69, 9.17) is 18.6 Å². The summed E-state index contributed by atoms with van der Waals surface area (Å²) in [6.07, 6.45) is 3.30. The third-order valence-corrected chi connectivity index (χ3v) is 5.47. The molecule has 1 amide bonds. The van der Waals surface area contributed by atoms with Gasteiger partial charge in [-0.1, -0.05) is 11.8 Å². The van der Waals surface area contributed by atoms with Gasteiger partial charge in [-0.05, 0) is 35.9 Å². The van der Waals surface area contributed by atoms with Crippen molar-refractivity contribution in [2.24, 2.45) is 0 Å². The second kappa shape index (κ2) is 8.01. The molecule has 1 aromatic heterocycles. The van der Waals surface area contributed by atoms with Crippen LogP contribution >= 0.6 is 24.4 Å². The van der Waals surface area contributed by atoms with Crippen molar-refractivity contribution in [2.75, 3.05) is 21.3 Å². The van der Waals surface area contributed by atoms with Crippen LogP contribution < -0.4 is 14.2 Å². The van der Waals surface area contributed by atoms with Gasteiger partial charge in [0, 0.05) is 6.54 Å². The molecule has 1 fully saturated rings. The third kappa shape index (κ3) is 3.66. The molecule has 1 aromatic carbocycles. The van der Waals surface area contributed by atoms with E-state index in [-0.39, 0.29) is 10.6 Å². The number of carbonyl (C=O) groups is 1. The number of methoxy groups -OCH3 is 3. The molecule has 6 nitrogen and oxygen atoms in total. The van der Waals surface area contributed by atoms with Crippen LogP contribution in [0, 0.1) is 0 Å². The van der Waals surface area contributed by atoms with Crippen LogP contribution in [0.5, 0.6) is 17.2 Å². The number of rotatable bonds is 6. The van der Waals surface area contributed by atoms with Gasteiger partial charge in [-0.3, -0.25) is 4.79 Å². The Balaban J connectivity index is 1.85. The van der Waals surface area contributed by atoms with Gasteiger partial charge in [0.1, 0.15) is 10.5 Å². The molecule has 1 aliphatic heterocycles. The van der Waals surface area contributed by atoms with Gasteiger partial charge in [-0.2, -0.15) is 0 Å². The van der Waals surface area contributed by atoms with Crippen LogP contribution in [-0.4, -0.2) is 36.8 Å². The maximum Gasteiger partial charge on any atom is 0.262 e. The molecule has 0 saturated carbocycles. The van der Waals surface area contributed by atoms with Crippen molar-refractivity contribution in [1.29, 1.82) is 0 Å². The van der Waals surface area contributed by atoms with Gasteiger partial charge in [0.2, 0.25) is 5.75 Å². The Labute approximate surface area is 161 Å². The number of nitrogens with zero attached hydrogens (tertiary/aromatic N) is 1. The number of thioether (sulfide) groups is 1. The van der Waals surface area contributed by atoms with Crippen molar-refractivity contribution in [3.8, 4) is 17.2 Å². The first-order valence-corrected chi connectivity index (χ1v) is 9.16. The number of furan rings is 1. The highest BCUT2D eigenvalue weighted by molar-refractivity contribution is 8.14. The van der Waals surface area contributed by atoms with Crippen molar-refractivity contribution in [1.82, 2.24) is 4.90 Å². The number of thiol groups is 1.